The highest BCUT2D eigenvalue weighted by atomic mass is 16.3. The minimum atomic E-state index is -0.286. The molecule has 15 heavy (non-hydrogen) atoms. The summed E-state index contributed by atoms with van der Waals surface area (Å²) in [5.41, 5.74) is 0. The number of hydrogen-bond acceptors (Lipinski definition) is 3. The van der Waals surface area contributed by atoms with E-state index in [0.29, 0.717) is 0 Å². The maximum atomic E-state index is 11.5. The van der Waals surface area contributed by atoms with Gasteiger partial charge < -0.3 is 15.7 Å². The van der Waals surface area contributed by atoms with Crippen molar-refractivity contribution in [3.63, 3.8) is 0 Å². The second-order valence-electron chi connectivity index (χ2n) is 4.28. The Balaban J connectivity index is 2.27. The molecule has 4 nitrogen and oxygen atoms in total. The lowest BCUT2D eigenvalue weighted by atomic mass is 10.2. The van der Waals surface area contributed by atoms with E-state index in [9.17, 15) is 9.90 Å². The molecule has 0 saturated heterocycles. The SMILES string of the molecule is CCCNC(=O)C(C)N[C@H]1CCC[C@@H]1O. The Bertz CT molecular complexity index is 209. The van der Waals surface area contributed by atoms with Crippen molar-refractivity contribution in [3.05, 3.63) is 0 Å². The van der Waals surface area contributed by atoms with Crippen molar-refractivity contribution in [1.29, 1.82) is 0 Å². The monoisotopic (exact) mass is 214 g/mol. The number of hydrogen-bond donors (Lipinski definition) is 3. The van der Waals surface area contributed by atoms with Gasteiger partial charge in [-0.3, -0.25) is 4.79 Å². The molecule has 1 amide bonds. The summed E-state index contributed by atoms with van der Waals surface area (Å²) in [6.45, 7) is 4.59. The van der Waals surface area contributed by atoms with Gasteiger partial charge in [0.15, 0.2) is 0 Å². The van der Waals surface area contributed by atoms with Gasteiger partial charge in [-0.05, 0) is 32.6 Å². The van der Waals surface area contributed by atoms with Gasteiger partial charge in [0.05, 0.1) is 12.1 Å². The lowest BCUT2D eigenvalue weighted by Crippen LogP contribution is -2.49. The first kappa shape index (κ1) is 12.5. The molecule has 1 aliphatic carbocycles. The van der Waals surface area contributed by atoms with Crippen molar-refractivity contribution in [3.8, 4) is 0 Å². The van der Waals surface area contributed by atoms with E-state index < -0.39 is 0 Å². The van der Waals surface area contributed by atoms with Gasteiger partial charge in [-0.25, -0.2) is 0 Å². The first-order chi connectivity index (χ1) is 7.15. The smallest absolute Gasteiger partial charge is 0.236 e. The minimum Gasteiger partial charge on any atom is -0.392 e. The highest BCUT2D eigenvalue weighted by molar-refractivity contribution is 5.81. The fourth-order valence-electron chi connectivity index (χ4n) is 1.93. The maximum absolute atomic E-state index is 11.5. The van der Waals surface area contributed by atoms with Crippen molar-refractivity contribution in [2.75, 3.05) is 6.54 Å². The molecule has 0 aliphatic heterocycles. The summed E-state index contributed by atoms with van der Waals surface area (Å²) in [5.74, 6) is 0.0240. The van der Waals surface area contributed by atoms with E-state index in [4.69, 9.17) is 0 Å². The Labute approximate surface area is 91.4 Å². The molecular formula is C11H22N2O2. The Morgan fingerprint density at radius 2 is 2.27 bits per heavy atom. The molecule has 1 fully saturated rings. The first-order valence-electron chi connectivity index (χ1n) is 5.87. The van der Waals surface area contributed by atoms with E-state index in [1.54, 1.807) is 0 Å². The van der Waals surface area contributed by atoms with Crippen LogP contribution < -0.4 is 10.6 Å². The van der Waals surface area contributed by atoms with Gasteiger partial charge in [-0.2, -0.15) is 0 Å². The fourth-order valence-corrected chi connectivity index (χ4v) is 1.93. The molecule has 3 N–H and O–H groups in total. The van der Waals surface area contributed by atoms with Crippen LogP contribution in [0.4, 0.5) is 0 Å². The van der Waals surface area contributed by atoms with Crippen LogP contribution in [0, 0.1) is 0 Å². The number of carbonyl (C=O) groups is 1. The van der Waals surface area contributed by atoms with Crippen LogP contribution in [0.15, 0.2) is 0 Å². The summed E-state index contributed by atoms with van der Waals surface area (Å²) >= 11 is 0. The Kier molecular flexibility index (Phi) is 5.05. The number of aliphatic hydroxyl groups is 1. The molecule has 88 valence electrons. The predicted octanol–water partition coefficient (Wildman–Crippen LogP) is 0.404. The topological polar surface area (TPSA) is 61.4 Å². The van der Waals surface area contributed by atoms with Crippen LogP contribution in [0.2, 0.25) is 0 Å². The van der Waals surface area contributed by atoms with E-state index in [-0.39, 0.29) is 24.1 Å². The van der Waals surface area contributed by atoms with Crippen molar-refractivity contribution in [2.45, 2.75) is 57.7 Å². The van der Waals surface area contributed by atoms with Gasteiger partial charge in [-0.1, -0.05) is 6.92 Å². The summed E-state index contributed by atoms with van der Waals surface area (Å²) in [6, 6.07) is -0.123. The van der Waals surface area contributed by atoms with Crippen LogP contribution in [0.25, 0.3) is 0 Å². The lowest BCUT2D eigenvalue weighted by molar-refractivity contribution is -0.123. The zero-order valence-corrected chi connectivity index (χ0v) is 9.62. The molecular weight excluding hydrogens is 192 g/mol. The molecule has 0 heterocycles. The van der Waals surface area contributed by atoms with Crippen LogP contribution in [0.5, 0.6) is 0 Å². The lowest BCUT2D eigenvalue weighted by Gasteiger charge is -2.21. The van der Waals surface area contributed by atoms with Crippen molar-refractivity contribution in [2.24, 2.45) is 0 Å². The first-order valence-corrected chi connectivity index (χ1v) is 5.87. The van der Waals surface area contributed by atoms with Gasteiger partial charge >= 0.3 is 0 Å². The van der Waals surface area contributed by atoms with Crippen LogP contribution in [0.3, 0.4) is 0 Å². The van der Waals surface area contributed by atoms with Crippen molar-refractivity contribution in [1.82, 2.24) is 10.6 Å². The summed E-state index contributed by atoms with van der Waals surface area (Å²) in [5, 5.41) is 15.6. The van der Waals surface area contributed by atoms with E-state index >= 15 is 0 Å². The number of carbonyl (C=O) groups excluding carboxylic acids is 1. The van der Waals surface area contributed by atoms with Gasteiger partial charge in [0.1, 0.15) is 0 Å². The van der Waals surface area contributed by atoms with Crippen LogP contribution in [-0.2, 0) is 4.79 Å². The average molecular weight is 214 g/mol. The standard InChI is InChI=1S/C11H22N2O2/c1-3-7-12-11(15)8(2)13-9-5-4-6-10(9)14/h8-10,13-14H,3-7H2,1-2H3,(H,12,15)/t8?,9-,10-/m0/s1. The second-order valence-corrected chi connectivity index (χ2v) is 4.28. The highest BCUT2D eigenvalue weighted by Crippen LogP contribution is 2.19. The molecule has 1 rings (SSSR count). The van der Waals surface area contributed by atoms with E-state index in [1.807, 2.05) is 13.8 Å². The maximum Gasteiger partial charge on any atom is 0.236 e. The van der Waals surface area contributed by atoms with Gasteiger partial charge in [0, 0.05) is 12.6 Å². The van der Waals surface area contributed by atoms with Gasteiger partial charge in [-0.15, -0.1) is 0 Å². The molecule has 4 heteroatoms. The number of nitrogens with one attached hydrogen (secondary N) is 2. The molecule has 0 spiro atoms. The molecule has 0 aromatic heterocycles. The molecule has 1 aliphatic rings. The Morgan fingerprint density at radius 1 is 1.53 bits per heavy atom. The highest BCUT2D eigenvalue weighted by Gasteiger charge is 2.27. The molecule has 3 atom stereocenters. The summed E-state index contributed by atoms with van der Waals surface area (Å²) in [4.78, 5) is 11.5. The van der Waals surface area contributed by atoms with Gasteiger partial charge in [0.25, 0.3) is 0 Å². The summed E-state index contributed by atoms with van der Waals surface area (Å²) < 4.78 is 0. The normalized spacial score (nSPS) is 27.7. The Morgan fingerprint density at radius 3 is 2.80 bits per heavy atom. The third kappa shape index (κ3) is 3.80. The Hall–Kier alpha value is -0.610. The zero-order chi connectivity index (χ0) is 11.3. The molecule has 0 bridgehead atoms. The molecule has 1 unspecified atom stereocenters. The third-order valence-electron chi connectivity index (χ3n) is 2.89. The van der Waals surface area contributed by atoms with E-state index in [2.05, 4.69) is 10.6 Å². The zero-order valence-electron chi connectivity index (χ0n) is 9.62. The quantitative estimate of drug-likeness (QED) is 0.621. The molecule has 0 aromatic rings. The van der Waals surface area contributed by atoms with Gasteiger partial charge in [0.2, 0.25) is 5.91 Å². The van der Waals surface area contributed by atoms with E-state index in [0.717, 1.165) is 32.2 Å². The molecule has 1 saturated carbocycles. The number of rotatable bonds is 5. The summed E-state index contributed by atoms with van der Waals surface area (Å²) in [7, 11) is 0. The molecule has 0 aromatic carbocycles. The average Bonchev–Trinajstić information content (AvgIpc) is 2.61. The minimum absolute atomic E-state index is 0.0240. The van der Waals surface area contributed by atoms with Crippen LogP contribution in [0.1, 0.15) is 39.5 Å². The molecule has 0 radical (unpaired) electrons. The number of amides is 1. The fraction of sp³-hybridized carbons (Fsp3) is 0.909. The largest absolute Gasteiger partial charge is 0.392 e. The van der Waals surface area contributed by atoms with Crippen molar-refractivity contribution < 1.29 is 9.90 Å². The number of aliphatic hydroxyl groups excluding tert-OH is 1. The van der Waals surface area contributed by atoms with E-state index in [1.165, 1.54) is 0 Å². The van der Waals surface area contributed by atoms with Crippen LogP contribution >= 0.6 is 0 Å². The summed E-state index contributed by atoms with van der Waals surface area (Å²) in [6.07, 6.45) is 3.52. The second kappa shape index (κ2) is 6.08. The predicted molar refractivity (Wildman–Crippen MR) is 59.5 cm³/mol. The van der Waals surface area contributed by atoms with Crippen molar-refractivity contribution >= 4 is 5.91 Å². The van der Waals surface area contributed by atoms with Crippen LogP contribution in [-0.4, -0.2) is 35.7 Å². The third-order valence-corrected chi connectivity index (χ3v) is 2.89.